The highest BCUT2D eigenvalue weighted by molar-refractivity contribution is 6.74. The second-order valence-electron chi connectivity index (χ2n) is 17.2. The number of anilines is 2. The Morgan fingerprint density at radius 1 is 0.887 bits per heavy atom. The van der Waals surface area contributed by atoms with E-state index in [-0.39, 0.29) is 22.4 Å². The third-order valence-corrected chi connectivity index (χ3v) is 15.8. The van der Waals surface area contributed by atoms with Gasteiger partial charge in [0, 0.05) is 29.6 Å². The summed E-state index contributed by atoms with van der Waals surface area (Å²) in [5, 5.41) is 13.4. The number of hydrogen-bond donors (Lipinski definition) is 2. The van der Waals surface area contributed by atoms with Crippen molar-refractivity contribution in [3.63, 3.8) is 0 Å². The zero-order valence-corrected chi connectivity index (χ0v) is 34.3. The second kappa shape index (κ2) is 15.1. The zero-order chi connectivity index (χ0) is 38.1. The molecule has 0 saturated heterocycles. The van der Waals surface area contributed by atoms with Gasteiger partial charge in [-0.2, -0.15) is 5.10 Å². The standard InChI is InChI=1S/C44H57N5O3Si/c1-29-36(12-11-13-38(29)47-42(50)31-16-18-32(19-17-31)43(2,3)4)37-26-27-45-41-39(37)40(48-49(41)28-30-14-22-34(51-8)23-15-30)46-33-20-24-35(25-21-33)52-53(9,10)44(5,6)7/h11-19,22-23,26-27,33,35H,20-21,24-25,28H2,1-10H3,(H,46,48)(H,47,50). The summed E-state index contributed by atoms with van der Waals surface area (Å²) in [7, 11) is -0.158. The number of nitrogens with zero attached hydrogens (tertiary/aromatic N) is 3. The summed E-state index contributed by atoms with van der Waals surface area (Å²) in [5.41, 5.74) is 7.56. The highest BCUT2D eigenvalue weighted by atomic mass is 28.4. The van der Waals surface area contributed by atoms with Gasteiger partial charge in [0.1, 0.15) is 5.75 Å². The zero-order valence-electron chi connectivity index (χ0n) is 33.3. The molecule has 0 spiro atoms. The first-order valence-electron chi connectivity index (χ1n) is 19.0. The van der Waals surface area contributed by atoms with Gasteiger partial charge < -0.3 is 19.8 Å². The molecule has 0 atom stereocenters. The second-order valence-corrected chi connectivity index (χ2v) is 21.9. The summed E-state index contributed by atoms with van der Waals surface area (Å²) in [5.74, 6) is 1.52. The van der Waals surface area contributed by atoms with Crippen molar-refractivity contribution in [2.75, 3.05) is 17.7 Å². The third kappa shape index (κ3) is 8.52. The summed E-state index contributed by atoms with van der Waals surface area (Å²) in [4.78, 5) is 18.4. The number of fused-ring (bicyclic) bond motifs is 1. The molecule has 1 aliphatic carbocycles. The van der Waals surface area contributed by atoms with Gasteiger partial charge in [-0.3, -0.25) is 4.79 Å². The van der Waals surface area contributed by atoms with Gasteiger partial charge in [0.15, 0.2) is 19.8 Å². The molecule has 0 radical (unpaired) electrons. The summed E-state index contributed by atoms with van der Waals surface area (Å²) in [6.07, 6.45) is 6.24. The number of hydrogen-bond acceptors (Lipinski definition) is 6. The van der Waals surface area contributed by atoms with E-state index in [2.05, 4.69) is 96.5 Å². The Kier molecular flexibility index (Phi) is 10.9. The number of nitrogens with one attached hydrogen (secondary N) is 2. The number of carbonyl (C=O) groups is 1. The van der Waals surface area contributed by atoms with E-state index in [0.717, 1.165) is 76.2 Å². The van der Waals surface area contributed by atoms with Gasteiger partial charge >= 0.3 is 0 Å². The lowest BCUT2D eigenvalue weighted by atomic mass is 9.86. The third-order valence-electron chi connectivity index (χ3n) is 11.3. The molecule has 1 aliphatic rings. The first kappa shape index (κ1) is 38.3. The minimum Gasteiger partial charge on any atom is -0.497 e. The van der Waals surface area contributed by atoms with Crippen molar-refractivity contribution in [2.45, 2.75) is 116 Å². The Bertz CT molecular complexity index is 2050. The van der Waals surface area contributed by atoms with Crippen LogP contribution in [0.5, 0.6) is 5.75 Å². The van der Waals surface area contributed by atoms with Crippen molar-refractivity contribution in [1.29, 1.82) is 0 Å². The number of amides is 1. The van der Waals surface area contributed by atoms with Crippen LogP contribution in [0.3, 0.4) is 0 Å². The molecule has 2 N–H and O–H groups in total. The largest absolute Gasteiger partial charge is 0.497 e. The van der Waals surface area contributed by atoms with Crippen molar-refractivity contribution < 1.29 is 14.0 Å². The molecule has 0 unspecified atom stereocenters. The van der Waals surface area contributed by atoms with Gasteiger partial charge in [-0.15, -0.1) is 0 Å². The van der Waals surface area contributed by atoms with Crippen molar-refractivity contribution in [3.05, 3.63) is 101 Å². The maximum absolute atomic E-state index is 13.5. The highest BCUT2D eigenvalue weighted by Crippen LogP contribution is 2.41. The number of pyridine rings is 1. The van der Waals surface area contributed by atoms with E-state index in [1.165, 1.54) is 5.56 Å². The molecule has 0 aliphatic heterocycles. The lowest BCUT2D eigenvalue weighted by molar-refractivity contribution is 0.102. The Balaban J connectivity index is 1.31. The van der Waals surface area contributed by atoms with Gasteiger partial charge in [0.25, 0.3) is 5.91 Å². The van der Waals surface area contributed by atoms with Crippen molar-refractivity contribution in [2.24, 2.45) is 0 Å². The smallest absolute Gasteiger partial charge is 0.255 e. The number of aromatic nitrogens is 3. The number of ether oxygens (including phenoxy) is 1. The summed E-state index contributed by atoms with van der Waals surface area (Å²) in [6, 6.07) is 24.4. The van der Waals surface area contributed by atoms with Crippen LogP contribution < -0.4 is 15.4 Å². The molecule has 3 aromatic carbocycles. The molecule has 2 aromatic heterocycles. The molecule has 53 heavy (non-hydrogen) atoms. The molecular weight excluding hydrogens is 675 g/mol. The number of rotatable bonds is 10. The fourth-order valence-corrected chi connectivity index (χ4v) is 8.35. The van der Waals surface area contributed by atoms with Crippen LogP contribution in [0.25, 0.3) is 22.2 Å². The van der Waals surface area contributed by atoms with E-state index < -0.39 is 8.32 Å². The molecule has 6 rings (SSSR count). The Morgan fingerprint density at radius 3 is 2.19 bits per heavy atom. The van der Waals surface area contributed by atoms with E-state index in [4.69, 9.17) is 19.2 Å². The predicted octanol–water partition coefficient (Wildman–Crippen LogP) is 10.8. The van der Waals surface area contributed by atoms with E-state index in [1.807, 2.05) is 59.4 Å². The fourth-order valence-electron chi connectivity index (χ4n) is 6.93. The molecule has 1 fully saturated rings. The maximum Gasteiger partial charge on any atom is 0.255 e. The summed E-state index contributed by atoms with van der Waals surface area (Å²) < 4.78 is 14.2. The molecule has 2 heterocycles. The van der Waals surface area contributed by atoms with Gasteiger partial charge in [-0.05, 0) is 120 Å². The number of methoxy groups -OCH3 is 1. The topological polar surface area (TPSA) is 90.3 Å². The minimum atomic E-state index is -1.84. The average Bonchev–Trinajstić information content (AvgIpc) is 3.46. The van der Waals surface area contributed by atoms with Crippen LogP contribution in [0.15, 0.2) is 79.0 Å². The summed E-state index contributed by atoms with van der Waals surface area (Å²) in [6.45, 7) is 20.8. The van der Waals surface area contributed by atoms with Crippen LogP contribution in [0.1, 0.15) is 94.3 Å². The van der Waals surface area contributed by atoms with E-state index in [9.17, 15) is 4.79 Å². The lowest BCUT2D eigenvalue weighted by Crippen LogP contribution is -2.45. The van der Waals surface area contributed by atoms with E-state index in [1.54, 1.807) is 7.11 Å². The van der Waals surface area contributed by atoms with Crippen LogP contribution in [0, 0.1) is 6.92 Å². The lowest BCUT2D eigenvalue weighted by Gasteiger charge is -2.41. The Hall–Kier alpha value is -4.47. The number of carbonyl (C=O) groups excluding carboxylic acids is 1. The fraction of sp³-hybridized carbons (Fsp3) is 0.432. The van der Waals surface area contributed by atoms with Gasteiger partial charge in [0.2, 0.25) is 0 Å². The van der Waals surface area contributed by atoms with Gasteiger partial charge in [0.05, 0.1) is 19.0 Å². The maximum atomic E-state index is 13.5. The average molecular weight is 732 g/mol. The molecule has 9 heteroatoms. The first-order chi connectivity index (χ1) is 25.0. The van der Waals surface area contributed by atoms with Crippen LogP contribution >= 0.6 is 0 Å². The van der Waals surface area contributed by atoms with Crippen LogP contribution in [-0.2, 0) is 16.4 Å². The van der Waals surface area contributed by atoms with Crippen molar-refractivity contribution in [3.8, 4) is 16.9 Å². The van der Waals surface area contributed by atoms with Crippen LogP contribution in [0.4, 0.5) is 11.5 Å². The predicted molar refractivity (Wildman–Crippen MR) is 221 cm³/mol. The van der Waals surface area contributed by atoms with Crippen LogP contribution in [0.2, 0.25) is 18.1 Å². The van der Waals surface area contributed by atoms with E-state index >= 15 is 0 Å². The molecule has 1 saturated carbocycles. The van der Waals surface area contributed by atoms with Crippen LogP contribution in [-0.4, -0.2) is 48.2 Å². The molecular formula is C44H57N5O3Si. The van der Waals surface area contributed by atoms with Crippen molar-refractivity contribution in [1.82, 2.24) is 14.8 Å². The van der Waals surface area contributed by atoms with E-state index in [0.29, 0.717) is 18.2 Å². The van der Waals surface area contributed by atoms with Gasteiger partial charge in [-0.25, -0.2) is 9.67 Å². The quantitative estimate of drug-likeness (QED) is 0.139. The van der Waals surface area contributed by atoms with Crippen molar-refractivity contribution >= 4 is 36.8 Å². The SMILES string of the molecule is COc1ccc(Cn2nc(NC3CCC(O[Si](C)(C)C(C)(C)C)CC3)c3c(-c4cccc(NC(=O)c5ccc(C(C)(C)C)cc5)c4C)ccnc32)cc1. The molecule has 1 amide bonds. The molecule has 8 nitrogen and oxygen atoms in total. The first-order valence-corrected chi connectivity index (χ1v) is 21.9. The molecule has 5 aromatic rings. The highest BCUT2D eigenvalue weighted by Gasteiger charge is 2.40. The van der Waals surface area contributed by atoms with Gasteiger partial charge in [-0.1, -0.05) is 77.9 Å². The Morgan fingerprint density at radius 2 is 1.57 bits per heavy atom. The Labute approximate surface area is 316 Å². The molecule has 0 bridgehead atoms. The monoisotopic (exact) mass is 731 g/mol. The summed E-state index contributed by atoms with van der Waals surface area (Å²) >= 11 is 0. The molecule has 280 valence electrons. The normalized spacial score (nSPS) is 16.8. The minimum absolute atomic E-state index is 0.0183. The number of benzene rings is 3.